The zero-order chi connectivity index (χ0) is 45.3. The molecule has 6 nitrogen and oxygen atoms in total. The number of fused-ring (bicyclic) bond motifs is 7. The third kappa shape index (κ3) is 5.01. The molecule has 0 N–H and O–H groups in total. The maximum Gasteiger partial charge on any atom is 0.137 e. The summed E-state index contributed by atoms with van der Waals surface area (Å²) in [7, 11) is 0. The first-order valence-corrected chi connectivity index (χ1v) is 17.2. The van der Waals surface area contributed by atoms with Crippen molar-refractivity contribution >= 4 is 54.6 Å². The molecule has 0 spiro atoms. The van der Waals surface area contributed by atoms with Crippen molar-refractivity contribution in [3.63, 3.8) is 0 Å². The van der Waals surface area contributed by atoms with E-state index in [-0.39, 0.29) is 44.9 Å². The van der Waals surface area contributed by atoms with Crippen molar-refractivity contribution in [1.29, 1.82) is 0 Å². The van der Waals surface area contributed by atoms with E-state index in [1.807, 2.05) is 81.9 Å². The minimum atomic E-state index is -2.32. The lowest BCUT2D eigenvalue weighted by Crippen LogP contribution is -2.12. The van der Waals surface area contributed by atoms with Gasteiger partial charge in [-0.15, -0.1) is 0 Å². The number of hydrogen-bond acceptors (Lipinski definition) is 3. The third-order valence-corrected chi connectivity index (χ3v) is 9.76. The molecular weight excluding hydrogens is 651 g/mol. The molecule has 0 radical (unpaired) electrons. The highest BCUT2D eigenvalue weighted by atomic mass is 16.5. The second kappa shape index (κ2) is 11.7. The Morgan fingerprint density at radius 1 is 0.604 bits per heavy atom. The van der Waals surface area contributed by atoms with Crippen LogP contribution in [0.15, 0.2) is 152 Å². The monoisotopic (exact) mass is 698 g/mol. The van der Waals surface area contributed by atoms with Crippen molar-refractivity contribution in [3.8, 4) is 28.7 Å². The van der Waals surface area contributed by atoms with Gasteiger partial charge in [0.15, 0.2) is 0 Å². The van der Waals surface area contributed by atoms with E-state index in [1.165, 1.54) is 4.57 Å². The highest BCUT2D eigenvalue weighted by Crippen LogP contribution is 2.39. The van der Waals surface area contributed by atoms with E-state index in [9.17, 15) is 0 Å². The number of ether oxygens (including phenoxy) is 1. The average Bonchev–Trinajstić information content (AvgIpc) is 3.96. The highest BCUT2D eigenvalue weighted by Gasteiger charge is 2.20. The summed E-state index contributed by atoms with van der Waals surface area (Å²) in [6, 6.07) is 24.2. The van der Waals surface area contributed by atoms with Gasteiger partial charge < -0.3 is 9.30 Å². The molecule has 0 amide bonds. The van der Waals surface area contributed by atoms with Crippen LogP contribution in [0.5, 0.6) is 11.5 Å². The minimum absolute atomic E-state index is 0.000582. The summed E-state index contributed by atoms with van der Waals surface area (Å²) in [5, 5.41) is 1.68. The zero-order valence-electron chi connectivity index (χ0n) is 40.0. The van der Waals surface area contributed by atoms with Gasteiger partial charge in [-0.2, -0.15) is 0 Å². The summed E-state index contributed by atoms with van der Waals surface area (Å²) < 4.78 is 106. The number of imidazole rings is 1. The third-order valence-electron chi connectivity index (χ3n) is 9.76. The van der Waals surface area contributed by atoms with E-state index in [2.05, 4.69) is 25.8 Å². The molecular formula is C47H37N5O. The number of benzene rings is 6. The first kappa shape index (κ1) is 21.6. The Balaban J connectivity index is 1.19. The molecule has 10 rings (SSSR count). The van der Waals surface area contributed by atoms with Crippen molar-refractivity contribution in [2.75, 3.05) is 0 Å². The van der Waals surface area contributed by atoms with Gasteiger partial charge in [0, 0.05) is 49.7 Å². The van der Waals surface area contributed by atoms with Gasteiger partial charge in [0.1, 0.15) is 23.6 Å². The normalized spacial score (nSPS) is 15.3. The van der Waals surface area contributed by atoms with Crippen LogP contribution in [0, 0.1) is 6.85 Å². The predicted molar refractivity (Wildman–Crippen MR) is 217 cm³/mol. The lowest BCUT2D eigenvalue weighted by molar-refractivity contribution is 0.483. The van der Waals surface area contributed by atoms with Gasteiger partial charge in [-0.1, -0.05) is 81.3 Å². The number of nitrogens with zero attached hydrogens (tertiary/aromatic N) is 5. The smallest absolute Gasteiger partial charge is 0.137 e. The zero-order valence-corrected chi connectivity index (χ0v) is 29.0. The van der Waals surface area contributed by atoms with E-state index in [4.69, 9.17) is 24.8 Å². The van der Waals surface area contributed by atoms with Crippen LogP contribution in [0.25, 0.3) is 71.8 Å². The largest absolute Gasteiger partial charge is 0.457 e. The molecule has 0 aliphatic carbocycles. The van der Waals surface area contributed by atoms with Gasteiger partial charge >= 0.3 is 0 Å². The molecule has 10 aromatic rings. The number of para-hydroxylation sites is 3. The van der Waals surface area contributed by atoms with Crippen molar-refractivity contribution in [3.05, 3.63) is 163 Å². The first-order valence-electron chi connectivity index (χ1n) is 22.7. The Bertz CT molecular complexity index is 3540. The van der Waals surface area contributed by atoms with Crippen molar-refractivity contribution in [1.82, 2.24) is 23.7 Å². The predicted octanol–water partition coefficient (Wildman–Crippen LogP) is 12.0. The topological polar surface area (TPSA) is 49.8 Å². The van der Waals surface area contributed by atoms with E-state index in [1.54, 1.807) is 30.7 Å². The molecule has 0 unspecified atom stereocenters. The maximum atomic E-state index is 9.06. The number of aryl methyl sites for hydroxylation is 1. The summed E-state index contributed by atoms with van der Waals surface area (Å²) in [6.45, 7) is 4.01. The SMILES string of the molecule is [2H]c1c([2H])c([2H])c2c(c1[2H])c1c([2H])c([2H])c([2H])c([2H])c1n2-c1ccc2c3ccc(Oc4cccc(-n5cnc6c(C([2H])([2H])[2H])cccc65)c4)cc3n(-c3cc(C(C)(C)C)ccn3)c2c1. The molecule has 4 heterocycles. The fraction of sp³-hybridized carbons (Fsp3) is 0.106. The molecule has 53 heavy (non-hydrogen) atoms. The van der Waals surface area contributed by atoms with E-state index in [0.29, 0.717) is 45.2 Å². The molecule has 6 aromatic carbocycles. The van der Waals surface area contributed by atoms with Crippen molar-refractivity contribution < 1.29 is 19.8 Å². The van der Waals surface area contributed by atoms with Gasteiger partial charge in [-0.25, -0.2) is 9.97 Å². The lowest BCUT2D eigenvalue weighted by Gasteiger charge is -2.20. The quantitative estimate of drug-likeness (QED) is 0.180. The molecule has 0 fully saturated rings. The molecule has 0 saturated carbocycles. The molecule has 0 saturated heterocycles. The average molecular weight is 699 g/mol. The number of rotatable bonds is 5. The minimum Gasteiger partial charge on any atom is -0.457 e. The van der Waals surface area contributed by atoms with Crippen LogP contribution >= 0.6 is 0 Å². The van der Waals surface area contributed by atoms with Crippen LogP contribution < -0.4 is 4.74 Å². The summed E-state index contributed by atoms with van der Waals surface area (Å²) in [5.74, 6) is 1.62. The van der Waals surface area contributed by atoms with Gasteiger partial charge in [-0.05, 0) is 90.1 Å². The number of aromatic nitrogens is 5. The Hall–Kier alpha value is -6.66. The van der Waals surface area contributed by atoms with E-state index < -0.39 is 43.1 Å². The van der Waals surface area contributed by atoms with Gasteiger partial charge in [0.2, 0.25) is 0 Å². The van der Waals surface area contributed by atoms with Crippen molar-refractivity contribution in [2.45, 2.75) is 33.0 Å². The van der Waals surface area contributed by atoms with Gasteiger partial charge in [-0.3, -0.25) is 9.13 Å². The van der Waals surface area contributed by atoms with E-state index in [0.717, 1.165) is 21.9 Å². The maximum absolute atomic E-state index is 9.06. The molecule has 4 aromatic heterocycles. The number of pyridine rings is 1. The Morgan fingerprint density at radius 2 is 1.32 bits per heavy atom. The Morgan fingerprint density at radius 3 is 2.09 bits per heavy atom. The lowest BCUT2D eigenvalue weighted by atomic mass is 9.88. The fourth-order valence-electron chi connectivity index (χ4n) is 7.20. The molecule has 6 heteroatoms. The van der Waals surface area contributed by atoms with Crippen LogP contribution in [-0.4, -0.2) is 23.7 Å². The van der Waals surface area contributed by atoms with Crippen LogP contribution in [0.3, 0.4) is 0 Å². The van der Waals surface area contributed by atoms with E-state index >= 15 is 0 Å². The summed E-state index contributed by atoms with van der Waals surface area (Å²) >= 11 is 0. The van der Waals surface area contributed by atoms with Gasteiger partial charge in [0.25, 0.3) is 0 Å². The summed E-state index contributed by atoms with van der Waals surface area (Å²) in [4.78, 5) is 9.31. The van der Waals surface area contributed by atoms with Crippen LogP contribution in [0.4, 0.5) is 0 Å². The summed E-state index contributed by atoms with van der Waals surface area (Å²) in [6.07, 6.45) is 3.35. The van der Waals surface area contributed by atoms with Crippen molar-refractivity contribution in [2.24, 2.45) is 0 Å². The molecule has 0 bridgehead atoms. The fourth-order valence-corrected chi connectivity index (χ4v) is 7.20. The molecule has 0 atom stereocenters. The Labute approximate surface area is 322 Å². The standard InChI is InChI=1S/C47H37N5O/c1-30-11-9-18-42-46(30)49-29-50(42)32-12-10-13-34(26-32)53-35-20-22-39-38-21-19-33(51-40-16-7-5-14-36(40)37-15-6-8-17-41(37)51)27-43(38)52(44(39)28-35)45-25-31(23-24-48-45)47(2,3)4/h5-29H,1-4H3/i1D3,5D,6D,7D,8D,14D,15D,16D,17D. The Kier molecular flexibility index (Phi) is 4.77. The number of hydrogen-bond donors (Lipinski definition) is 0. The molecule has 256 valence electrons. The summed E-state index contributed by atoms with van der Waals surface area (Å²) in [5.41, 5.74) is 4.60. The van der Waals surface area contributed by atoms with Crippen LogP contribution in [0.2, 0.25) is 0 Å². The first-order chi connectivity index (χ1) is 30.3. The highest BCUT2D eigenvalue weighted by molar-refractivity contribution is 6.12. The molecule has 0 aliphatic heterocycles. The van der Waals surface area contributed by atoms with Crippen LogP contribution in [0.1, 0.15) is 47.0 Å². The molecule has 0 aliphatic rings. The van der Waals surface area contributed by atoms with Gasteiger partial charge in [0.05, 0.1) is 49.8 Å². The van der Waals surface area contributed by atoms with Crippen LogP contribution in [-0.2, 0) is 5.41 Å². The second-order valence-electron chi connectivity index (χ2n) is 14.0. The second-order valence-corrected chi connectivity index (χ2v) is 14.0.